The van der Waals surface area contributed by atoms with Crippen molar-refractivity contribution in [3.63, 3.8) is 0 Å². The third-order valence-electron chi connectivity index (χ3n) is 4.84. The van der Waals surface area contributed by atoms with Crippen LogP contribution >= 0.6 is 11.3 Å². The van der Waals surface area contributed by atoms with E-state index in [1.165, 1.54) is 37.1 Å². The first-order valence-corrected chi connectivity index (χ1v) is 9.24. The lowest BCUT2D eigenvalue weighted by Gasteiger charge is -2.41. The summed E-state index contributed by atoms with van der Waals surface area (Å²) in [7, 11) is 0. The molecule has 1 saturated carbocycles. The van der Waals surface area contributed by atoms with E-state index in [2.05, 4.69) is 34.7 Å². The fraction of sp³-hybridized carbons (Fsp3) is 0.765. The highest BCUT2D eigenvalue weighted by Gasteiger charge is 2.38. The Kier molecular flexibility index (Phi) is 5.33. The maximum atomic E-state index is 5.62. The van der Waals surface area contributed by atoms with E-state index in [9.17, 15) is 0 Å². The Bertz CT molecular complexity index is 410. The zero-order chi connectivity index (χ0) is 14.5. The van der Waals surface area contributed by atoms with Gasteiger partial charge in [-0.2, -0.15) is 0 Å². The molecule has 1 aromatic heterocycles. The molecule has 3 rings (SSSR count). The van der Waals surface area contributed by atoms with E-state index < -0.39 is 0 Å². The van der Waals surface area contributed by atoms with Crippen LogP contribution in [0.15, 0.2) is 17.5 Å². The molecule has 1 aromatic rings. The summed E-state index contributed by atoms with van der Waals surface area (Å²) >= 11 is 1.89. The molecular weight excluding hydrogens is 280 g/mol. The molecule has 0 unspecified atom stereocenters. The van der Waals surface area contributed by atoms with Gasteiger partial charge in [0.2, 0.25) is 0 Å². The van der Waals surface area contributed by atoms with E-state index in [4.69, 9.17) is 4.74 Å². The second kappa shape index (κ2) is 7.23. The van der Waals surface area contributed by atoms with E-state index >= 15 is 0 Å². The molecule has 1 N–H and O–H groups in total. The van der Waals surface area contributed by atoms with Crippen molar-refractivity contribution in [1.82, 2.24) is 10.2 Å². The fourth-order valence-electron chi connectivity index (χ4n) is 3.37. The van der Waals surface area contributed by atoms with Gasteiger partial charge in [-0.05, 0) is 49.1 Å². The summed E-state index contributed by atoms with van der Waals surface area (Å²) in [4.78, 5) is 4.25. The molecule has 0 bridgehead atoms. The van der Waals surface area contributed by atoms with Crippen LogP contribution in [0.1, 0.15) is 37.5 Å². The number of nitrogens with one attached hydrogen (secondary N) is 1. The van der Waals surface area contributed by atoms with Gasteiger partial charge in [0.25, 0.3) is 0 Å². The molecule has 0 aromatic carbocycles. The highest BCUT2D eigenvalue weighted by atomic mass is 32.1. The Balaban J connectivity index is 1.66. The van der Waals surface area contributed by atoms with Crippen LogP contribution in [0.3, 0.4) is 0 Å². The molecule has 1 aliphatic heterocycles. The van der Waals surface area contributed by atoms with Gasteiger partial charge in [0, 0.05) is 43.8 Å². The number of ether oxygens (including phenoxy) is 1. The van der Waals surface area contributed by atoms with Gasteiger partial charge in [-0.1, -0.05) is 13.0 Å². The predicted molar refractivity (Wildman–Crippen MR) is 88.8 cm³/mol. The van der Waals surface area contributed by atoms with Gasteiger partial charge in [-0.15, -0.1) is 11.3 Å². The third-order valence-corrected chi connectivity index (χ3v) is 5.71. The van der Waals surface area contributed by atoms with Crippen molar-refractivity contribution < 1.29 is 4.74 Å². The van der Waals surface area contributed by atoms with E-state index in [0.29, 0.717) is 5.41 Å². The lowest BCUT2D eigenvalue weighted by molar-refractivity contribution is -0.00693. The Labute approximate surface area is 132 Å². The molecule has 118 valence electrons. The van der Waals surface area contributed by atoms with Gasteiger partial charge in [-0.25, -0.2) is 0 Å². The SMILES string of the molecule is CCNCC1(CN(Cc2cccs2)C2CC2)CCOCC1. The summed E-state index contributed by atoms with van der Waals surface area (Å²) in [6, 6.07) is 5.28. The molecule has 1 aliphatic carbocycles. The Morgan fingerprint density at radius 3 is 2.81 bits per heavy atom. The standard InChI is InChI=1S/C17H28N2OS/c1-2-18-13-17(7-9-20-10-8-17)14-19(15-5-6-15)12-16-4-3-11-21-16/h3-4,11,15,18H,2,5-10,12-14H2,1H3. The van der Waals surface area contributed by atoms with E-state index in [1.54, 1.807) is 0 Å². The lowest BCUT2D eigenvalue weighted by atomic mass is 9.79. The van der Waals surface area contributed by atoms with Crippen molar-refractivity contribution in [2.24, 2.45) is 5.41 Å². The topological polar surface area (TPSA) is 24.5 Å². The predicted octanol–water partition coefficient (Wildman–Crippen LogP) is 3.12. The minimum Gasteiger partial charge on any atom is -0.381 e. The fourth-order valence-corrected chi connectivity index (χ4v) is 4.10. The quantitative estimate of drug-likeness (QED) is 0.798. The highest BCUT2D eigenvalue weighted by molar-refractivity contribution is 7.09. The van der Waals surface area contributed by atoms with Crippen LogP contribution in [0, 0.1) is 5.41 Å². The lowest BCUT2D eigenvalue weighted by Crippen LogP contribution is -2.47. The van der Waals surface area contributed by atoms with Crippen molar-refractivity contribution >= 4 is 11.3 Å². The second-order valence-corrected chi connectivity index (χ2v) is 7.64. The minimum atomic E-state index is 0.411. The Hall–Kier alpha value is -0.420. The highest BCUT2D eigenvalue weighted by Crippen LogP contribution is 2.36. The summed E-state index contributed by atoms with van der Waals surface area (Å²) in [5.74, 6) is 0. The monoisotopic (exact) mass is 308 g/mol. The van der Waals surface area contributed by atoms with Gasteiger partial charge < -0.3 is 10.1 Å². The molecule has 0 atom stereocenters. The second-order valence-electron chi connectivity index (χ2n) is 6.61. The molecule has 0 spiro atoms. The summed E-state index contributed by atoms with van der Waals surface area (Å²) in [5, 5.41) is 5.80. The van der Waals surface area contributed by atoms with Gasteiger partial charge >= 0.3 is 0 Å². The number of rotatable bonds is 8. The Morgan fingerprint density at radius 2 is 2.19 bits per heavy atom. The van der Waals surface area contributed by atoms with Gasteiger partial charge in [0.15, 0.2) is 0 Å². The summed E-state index contributed by atoms with van der Waals surface area (Å²) in [5.41, 5.74) is 0.411. The minimum absolute atomic E-state index is 0.411. The normalized spacial score (nSPS) is 21.8. The molecular formula is C17H28N2OS. The van der Waals surface area contributed by atoms with Crippen LogP contribution in [-0.4, -0.2) is 43.8 Å². The van der Waals surface area contributed by atoms with E-state index in [1.807, 2.05) is 11.3 Å². The van der Waals surface area contributed by atoms with E-state index in [0.717, 1.165) is 38.9 Å². The van der Waals surface area contributed by atoms with E-state index in [-0.39, 0.29) is 0 Å². The smallest absolute Gasteiger partial charge is 0.0472 e. The van der Waals surface area contributed by atoms with Crippen LogP contribution in [0.4, 0.5) is 0 Å². The van der Waals surface area contributed by atoms with Crippen molar-refractivity contribution in [2.45, 2.75) is 45.2 Å². The molecule has 3 nitrogen and oxygen atoms in total. The average molecular weight is 308 g/mol. The molecule has 2 fully saturated rings. The average Bonchev–Trinajstić information content (AvgIpc) is 3.24. The number of nitrogens with zero attached hydrogens (tertiary/aromatic N) is 1. The summed E-state index contributed by atoms with van der Waals surface area (Å²) in [6.07, 6.45) is 5.18. The van der Waals surface area contributed by atoms with Crippen LogP contribution in [0.2, 0.25) is 0 Å². The molecule has 2 heterocycles. The maximum absolute atomic E-state index is 5.62. The zero-order valence-corrected chi connectivity index (χ0v) is 14.0. The summed E-state index contributed by atoms with van der Waals surface area (Å²) in [6.45, 7) is 8.64. The van der Waals surface area contributed by atoms with Crippen LogP contribution in [-0.2, 0) is 11.3 Å². The number of hydrogen-bond donors (Lipinski definition) is 1. The number of hydrogen-bond acceptors (Lipinski definition) is 4. The first-order chi connectivity index (χ1) is 10.3. The molecule has 4 heteroatoms. The van der Waals surface area contributed by atoms with Gasteiger partial charge in [-0.3, -0.25) is 4.90 Å². The third kappa shape index (κ3) is 4.28. The van der Waals surface area contributed by atoms with Crippen molar-refractivity contribution in [3.8, 4) is 0 Å². The first kappa shape index (κ1) is 15.5. The summed E-state index contributed by atoms with van der Waals surface area (Å²) < 4.78 is 5.62. The van der Waals surface area contributed by atoms with Crippen LogP contribution in [0.5, 0.6) is 0 Å². The molecule has 2 aliphatic rings. The largest absolute Gasteiger partial charge is 0.381 e. The maximum Gasteiger partial charge on any atom is 0.0472 e. The van der Waals surface area contributed by atoms with Crippen molar-refractivity contribution in [3.05, 3.63) is 22.4 Å². The molecule has 21 heavy (non-hydrogen) atoms. The Morgan fingerprint density at radius 1 is 1.38 bits per heavy atom. The first-order valence-electron chi connectivity index (χ1n) is 8.36. The van der Waals surface area contributed by atoms with Crippen molar-refractivity contribution in [2.75, 3.05) is 32.8 Å². The number of thiophene rings is 1. The van der Waals surface area contributed by atoms with Gasteiger partial charge in [0.1, 0.15) is 0 Å². The zero-order valence-electron chi connectivity index (χ0n) is 13.1. The molecule has 0 amide bonds. The molecule has 0 radical (unpaired) electrons. The van der Waals surface area contributed by atoms with Crippen LogP contribution in [0.25, 0.3) is 0 Å². The van der Waals surface area contributed by atoms with Gasteiger partial charge in [0.05, 0.1) is 0 Å². The van der Waals surface area contributed by atoms with Crippen LogP contribution < -0.4 is 5.32 Å². The van der Waals surface area contributed by atoms with Crippen molar-refractivity contribution in [1.29, 1.82) is 0 Å². The molecule has 1 saturated heterocycles.